The molecular weight excluding hydrogens is 276 g/mol. The van der Waals surface area contributed by atoms with Crippen molar-refractivity contribution in [2.24, 2.45) is 5.92 Å². The number of hydrogen-bond acceptors (Lipinski definition) is 2. The Morgan fingerprint density at radius 1 is 1.27 bits per heavy atom. The molecule has 0 saturated heterocycles. The van der Waals surface area contributed by atoms with Gasteiger partial charge in [-0.15, -0.1) is 0 Å². The summed E-state index contributed by atoms with van der Waals surface area (Å²) in [5.74, 6) is 0.977. The molecule has 0 heterocycles. The Balaban J connectivity index is 2.45. The molecule has 0 N–H and O–H groups in total. The highest BCUT2D eigenvalue weighted by atomic mass is 79.9. The first-order valence-corrected chi connectivity index (χ1v) is 8.67. The summed E-state index contributed by atoms with van der Waals surface area (Å²) in [6, 6.07) is 0. The number of alkyl halides is 1. The van der Waals surface area contributed by atoms with E-state index in [2.05, 4.69) is 22.9 Å². The van der Waals surface area contributed by atoms with E-state index in [1.165, 1.54) is 6.42 Å². The molecule has 2 nitrogen and oxygen atoms in total. The fraction of sp³-hybridized carbons (Fsp3) is 1.00. The molecule has 1 fully saturated rings. The quantitative estimate of drug-likeness (QED) is 0.577. The number of halogens is 1. The molecule has 0 amide bonds. The predicted molar refractivity (Wildman–Crippen MR) is 68.2 cm³/mol. The summed E-state index contributed by atoms with van der Waals surface area (Å²) in [6.07, 6.45) is 5.83. The van der Waals surface area contributed by atoms with Gasteiger partial charge < -0.3 is 0 Å². The van der Waals surface area contributed by atoms with E-state index in [0.29, 0.717) is 11.7 Å². The van der Waals surface area contributed by atoms with Crippen LogP contribution < -0.4 is 0 Å². The van der Waals surface area contributed by atoms with Crippen molar-refractivity contribution in [3.8, 4) is 0 Å². The van der Waals surface area contributed by atoms with Gasteiger partial charge in [0.2, 0.25) is 0 Å². The molecule has 0 radical (unpaired) electrons. The minimum atomic E-state index is -2.81. The zero-order valence-corrected chi connectivity index (χ0v) is 11.8. The highest BCUT2D eigenvalue weighted by Gasteiger charge is 2.29. The molecule has 90 valence electrons. The van der Waals surface area contributed by atoms with Crippen molar-refractivity contribution >= 4 is 25.8 Å². The highest BCUT2D eigenvalue weighted by Crippen LogP contribution is 2.29. The minimum absolute atomic E-state index is 0.0448. The maximum Gasteiger partial charge on any atom is 0.153 e. The van der Waals surface area contributed by atoms with Gasteiger partial charge in [0.05, 0.1) is 11.0 Å². The summed E-state index contributed by atoms with van der Waals surface area (Å²) in [5, 5.41) is 0.862. The molecule has 4 heteroatoms. The first-order chi connectivity index (χ1) is 7.06. The zero-order chi connectivity index (χ0) is 11.3. The van der Waals surface area contributed by atoms with Gasteiger partial charge in [-0.05, 0) is 31.6 Å². The average Bonchev–Trinajstić information content (AvgIpc) is 2.18. The van der Waals surface area contributed by atoms with Crippen molar-refractivity contribution in [3.05, 3.63) is 0 Å². The van der Waals surface area contributed by atoms with Crippen LogP contribution in [0.1, 0.15) is 45.4 Å². The van der Waals surface area contributed by atoms with Crippen molar-refractivity contribution in [2.75, 3.05) is 11.1 Å². The van der Waals surface area contributed by atoms with Crippen LogP contribution in [0.25, 0.3) is 0 Å². The molecule has 2 unspecified atom stereocenters. The van der Waals surface area contributed by atoms with Crippen molar-refractivity contribution < 1.29 is 8.42 Å². The summed E-state index contributed by atoms with van der Waals surface area (Å²) in [7, 11) is -2.81. The SMILES string of the molecule is CC1CCCC(S(=O)(=O)CCCCBr)C1. The van der Waals surface area contributed by atoms with E-state index in [0.717, 1.165) is 37.4 Å². The second kappa shape index (κ2) is 6.24. The van der Waals surface area contributed by atoms with Crippen LogP contribution in [0, 0.1) is 5.92 Å². The third-order valence-electron chi connectivity index (χ3n) is 3.21. The second-order valence-corrected chi connectivity index (χ2v) is 7.85. The van der Waals surface area contributed by atoms with E-state index >= 15 is 0 Å². The molecule has 1 saturated carbocycles. The van der Waals surface area contributed by atoms with Crippen molar-refractivity contribution in [1.82, 2.24) is 0 Å². The maximum atomic E-state index is 12.0. The lowest BCUT2D eigenvalue weighted by Gasteiger charge is -2.26. The standard InChI is InChI=1S/C11H21BrO2S/c1-10-5-4-6-11(9-10)15(13,14)8-3-2-7-12/h10-11H,2-9H2,1H3. The Morgan fingerprint density at radius 2 is 2.00 bits per heavy atom. The Kier molecular flexibility index (Phi) is 5.61. The smallest absolute Gasteiger partial charge is 0.153 e. The van der Waals surface area contributed by atoms with Gasteiger partial charge in [0.1, 0.15) is 0 Å². The third-order valence-corrected chi connectivity index (χ3v) is 6.07. The van der Waals surface area contributed by atoms with Crippen LogP contribution in [-0.4, -0.2) is 24.8 Å². The molecule has 0 aliphatic heterocycles. The lowest BCUT2D eigenvalue weighted by molar-refractivity contribution is 0.381. The van der Waals surface area contributed by atoms with Gasteiger partial charge in [0, 0.05) is 5.33 Å². The molecule has 15 heavy (non-hydrogen) atoms. The molecule has 0 aromatic carbocycles. The number of sulfone groups is 1. The summed E-state index contributed by atoms with van der Waals surface area (Å²) < 4.78 is 24.0. The summed E-state index contributed by atoms with van der Waals surface area (Å²) in [4.78, 5) is 0. The van der Waals surface area contributed by atoms with Gasteiger partial charge in [0.25, 0.3) is 0 Å². The van der Waals surface area contributed by atoms with Crippen LogP contribution in [0.5, 0.6) is 0 Å². The van der Waals surface area contributed by atoms with E-state index < -0.39 is 9.84 Å². The molecule has 0 bridgehead atoms. The lowest BCUT2D eigenvalue weighted by atomic mass is 9.91. The van der Waals surface area contributed by atoms with Crippen LogP contribution >= 0.6 is 15.9 Å². The van der Waals surface area contributed by atoms with Gasteiger partial charge in [0.15, 0.2) is 9.84 Å². The zero-order valence-electron chi connectivity index (χ0n) is 9.41. The van der Waals surface area contributed by atoms with Gasteiger partial charge in [-0.25, -0.2) is 8.42 Å². The Hall–Kier alpha value is 0.430. The van der Waals surface area contributed by atoms with Gasteiger partial charge >= 0.3 is 0 Å². The van der Waals surface area contributed by atoms with Crippen LogP contribution in [-0.2, 0) is 9.84 Å². The fourth-order valence-corrected chi connectivity index (χ4v) is 4.75. The van der Waals surface area contributed by atoms with Crippen LogP contribution in [0.15, 0.2) is 0 Å². The highest BCUT2D eigenvalue weighted by molar-refractivity contribution is 9.09. The van der Waals surface area contributed by atoms with Gasteiger partial charge in [-0.2, -0.15) is 0 Å². The molecule has 1 rings (SSSR count). The van der Waals surface area contributed by atoms with E-state index in [4.69, 9.17) is 0 Å². The lowest BCUT2D eigenvalue weighted by Crippen LogP contribution is -2.29. The van der Waals surface area contributed by atoms with E-state index in [-0.39, 0.29) is 5.25 Å². The summed E-state index contributed by atoms with van der Waals surface area (Å²) in [5.41, 5.74) is 0. The molecule has 0 spiro atoms. The Labute approximate surface area is 102 Å². The Morgan fingerprint density at radius 3 is 2.60 bits per heavy atom. The van der Waals surface area contributed by atoms with Gasteiger partial charge in [-0.1, -0.05) is 35.7 Å². The normalized spacial score (nSPS) is 27.9. The predicted octanol–water partition coefficient (Wildman–Crippen LogP) is 3.16. The third kappa shape index (κ3) is 4.43. The summed E-state index contributed by atoms with van der Waals surface area (Å²) >= 11 is 3.33. The maximum absolute atomic E-state index is 12.0. The first-order valence-electron chi connectivity index (χ1n) is 5.84. The van der Waals surface area contributed by atoms with Gasteiger partial charge in [-0.3, -0.25) is 0 Å². The molecular formula is C11H21BrO2S. The molecule has 0 aromatic heterocycles. The first kappa shape index (κ1) is 13.5. The number of rotatable bonds is 5. The molecule has 0 aromatic rings. The largest absolute Gasteiger partial charge is 0.229 e. The molecule has 2 atom stereocenters. The van der Waals surface area contributed by atoms with Crippen molar-refractivity contribution in [3.63, 3.8) is 0 Å². The fourth-order valence-electron chi connectivity index (χ4n) is 2.27. The monoisotopic (exact) mass is 296 g/mol. The topological polar surface area (TPSA) is 34.1 Å². The van der Waals surface area contributed by atoms with Crippen molar-refractivity contribution in [1.29, 1.82) is 0 Å². The van der Waals surface area contributed by atoms with E-state index in [1.54, 1.807) is 0 Å². The van der Waals surface area contributed by atoms with Crippen LogP contribution in [0.2, 0.25) is 0 Å². The van der Waals surface area contributed by atoms with Crippen LogP contribution in [0.3, 0.4) is 0 Å². The molecule has 1 aliphatic carbocycles. The molecule has 1 aliphatic rings. The number of unbranched alkanes of at least 4 members (excludes halogenated alkanes) is 1. The number of hydrogen-bond donors (Lipinski definition) is 0. The van der Waals surface area contributed by atoms with Crippen LogP contribution in [0.4, 0.5) is 0 Å². The average molecular weight is 297 g/mol. The van der Waals surface area contributed by atoms with E-state index in [9.17, 15) is 8.42 Å². The Bertz CT molecular complexity index is 274. The van der Waals surface area contributed by atoms with Crippen molar-refractivity contribution in [2.45, 2.75) is 50.7 Å². The minimum Gasteiger partial charge on any atom is -0.229 e. The summed E-state index contributed by atoms with van der Waals surface area (Å²) in [6.45, 7) is 2.17. The second-order valence-electron chi connectivity index (χ2n) is 4.66. The van der Waals surface area contributed by atoms with E-state index in [1.807, 2.05) is 0 Å².